The van der Waals surface area contributed by atoms with Crippen molar-refractivity contribution in [2.24, 2.45) is 5.41 Å². The molecule has 0 bridgehead atoms. The number of rotatable bonds is 3. The Morgan fingerprint density at radius 3 is 3.05 bits per heavy atom. The van der Waals surface area contributed by atoms with Gasteiger partial charge in [0.2, 0.25) is 0 Å². The van der Waals surface area contributed by atoms with Crippen LogP contribution in [0, 0.1) is 22.6 Å². The van der Waals surface area contributed by atoms with Crippen LogP contribution in [-0.2, 0) is 9.53 Å². The van der Waals surface area contributed by atoms with Crippen LogP contribution in [0.2, 0.25) is 0 Å². The van der Waals surface area contributed by atoms with E-state index in [4.69, 9.17) is 10.00 Å². The van der Waals surface area contributed by atoms with E-state index in [-0.39, 0.29) is 24.5 Å². The Morgan fingerprint density at radius 2 is 2.42 bits per heavy atom. The Balaban J connectivity index is 2.30. The van der Waals surface area contributed by atoms with E-state index in [1.54, 1.807) is 19.1 Å². The summed E-state index contributed by atoms with van der Waals surface area (Å²) in [6.45, 7) is 1.84. The highest BCUT2D eigenvalue weighted by Crippen LogP contribution is 2.32. The molecule has 2 rings (SSSR count). The first-order valence-electron chi connectivity index (χ1n) is 5.75. The lowest BCUT2D eigenvalue weighted by Gasteiger charge is -2.26. The fourth-order valence-electron chi connectivity index (χ4n) is 2.03. The molecule has 0 aliphatic carbocycles. The van der Waals surface area contributed by atoms with Crippen LogP contribution in [0.25, 0.3) is 0 Å². The Morgan fingerprint density at radius 1 is 1.68 bits per heavy atom. The molecule has 2 N–H and O–H groups in total. The summed E-state index contributed by atoms with van der Waals surface area (Å²) < 4.78 is 18.7. The van der Waals surface area contributed by atoms with Crippen LogP contribution in [0.4, 0.5) is 10.1 Å². The van der Waals surface area contributed by atoms with Crippen LogP contribution in [0.15, 0.2) is 18.2 Å². The second-order valence-corrected chi connectivity index (χ2v) is 4.71. The fraction of sp³-hybridized carbons (Fsp3) is 0.385. The summed E-state index contributed by atoms with van der Waals surface area (Å²) in [6, 6.07) is 5.45. The largest absolute Gasteiger partial charge is 0.481 e. The van der Waals surface area contributed by atoms with Crippen molar-refractivity contribution in [3.05, 3.63) is 29.6 Å². The van der Waals surface area contributed by atoms with Crippen molar-refractivity contribution in [2.45, 2.75) is 13.0 Å². The van der Waals surface area contributed by atoms with Crippen molar-refractivity contribution in [1.82, 2.24) is 0 Å². The quantitative estimate of drug-likeness (QED) is 0.866. The highest BCUT2D eigenvalue weighted by Gasteiger charge is 2.46. The van der Waals surface area contributed by atoms with E-state index in [0.717, 1.165) is 0 Å². The van der Waals surface area contributed by atoms with Crippen molar-refractivity contribution in [1.29, 1.82) is 5.26 Å². The molecule has 5 nitrogen and oxygen atoms in total. The van der Waals surface area contributed by atoms with Gasteiger partial charge in [-0.05, 0) is 19.1 Å². The van der Waals surface area contributed by atoms with Crippen LogP contribution in [-0.4, -0.2) is 30.3 Å². The van der Waals surface area contributed by atoms with Gasteiger partial charge in [0.1, 0.15) is 22.9 Å². The molecular weight excluding hydrogens is 251 g/mol. The molecule has 100 valence electrons. The Kier molecular flexibility index (Phi) is 3.40. The van der Waals surface area contributed by atoms with Gasteiger partial charge in [-0.3, -0.25) is 4.79 Å². The Labute approximate surface area is 109 Å². The van der Waals surface area contributed by atoms with Crippen molar-refractivity contribution >= 4 is 11.7 Å². The maximum atomic E-state index is 13.5. The maximum Gasteiger partial charge on any atom is 0.313 e. The van der Waals surface area contributed by atoms with Crippen LogP contribution in [0.5, 0.6) is 0 Å². The zero-order valence-corrected chi connectivity index (χ0v) is 10.3. The molecule has 1 aliphatic rings. The minimum Gasteiger partial charge on any atom is -0.481 e. The number of halogens is 1. The number of carboxylic acids is 1. The standard InChI is InChI=1S/C13H13FN2O3/c1-13(12(17)18)7-19-6-11(13)16-10-4-2-3-9(14)8(10)5-15/h2-4,11,16H,6-7H2,1H3,(H,17,18). The number of hydrogen-bond donors (Lipinski definition) is 2. The SMILES string of the molecule is CC1(C(=O)O)COCC1Nc1cccc(F)c1C#N. The molecule has 1 heterocycles. The number of hydrogen-bond acceptors (Lipinski definition) is 4. The zero-order valence-electron chi connectivity index (χ0n) is 10.3. The molecule has 0 saturated carbocycles. The minimum atomic E-state index is -1.10. The fourth-order valence-corrected chi connectivity index (χ4v) is 2.03. The van der Waals surface area contributed by atoms with Crippen molar-refractivity contribution < 1.29 is 19.0 Å². The van der Waals surface area contributed by atoms with E-state index in [1.807, 2.05) is 0 Å². The molecule has 1 saturated heterocycles. The monoisotopic (exact) mass is 264 g/mol. The topological polar surface area (TPSA) is 82.3 Å². The number of anilines is 1. The highest BCUT2D eigenvalue weighted by atomic mass is 19.1. The lowest BCUT2D eigenvalue weighted by Crippen LogP contribution is -2.43. The Bertz CT molecular complexity index is 555. The van der Waals surface area contributed by atoms with Crippen LogP contribution in [0.1, 0.15) is 12.5 Å². The summed E-state index contributed by atoms with van der Waals surface area (Å²) in [4.78, 5) is 11.3. The second kappa shape index (κ2) is 4.86. The smallest absolute Gasteiger partial charge is 0.313 e. The van der Waals surface area contributed by atoms with Gasteiger partial charge in [-0.25, -0.2) is 4.39 Å². The summed E-state index contributed by atoms with van der Waals surface area (Å²) in [5.41, 5.74) is -0.938. The number of aliphatic carboxylic acids is 1. The molecule has 1 aromatic rings. The predicted molar refractivity (Wildman–Crippen MR) is 65.1 cm³/mol. The van der Waals surface area contributed by atoms with E-state index in [0.29, 0.717) is 0 Å². The predicted octanol–water partition coefficient (Wildman–Crippen LogP) is 1.60. The third-order valence-corrected chi connectivity index (χ3v) is 3.40. The van der Waals surface area contributed by atoms with E-state index < -0.39 is 23.2 Å². The normalized spacial score (nSPS) is 25.8. The van der Waals surface area contributed by atoms with E-state index >= 15 is 0 Å². The lowest BCUT2D eigenvalue weighted by molar-refractivity contribution is -0.148. The molecule has 19 heavy (non-hydrogen) atoms. The first-order valence-corrected chi connectivity index (χ1v) is 5.75. The van der Waals surface area contributed by atoms with Crippen molar-refractivity contribution in [3.8, 4) is 6.07 Å². The first kappa shape index (κ1) is 13.3. The molecule has 6 heteroatoms. The second-order valence-electron chi connectivity index (χ2n) is 4.71. The summed E-state index contributed by atoms with van der Waals surface area (Å²) >= 11 is 0. The number of benzene rings is 1. The molecule has 0 amide bonds. The molecule has 1 aromatic carbocycles. The number of nitriles is 1. The molecule has 2 atom stereocenters. The van der Waals surface area contributed by atoms with Gasteiger partial charge >= 0.3 is 5.97 Å². The van der Waals surface area contributed by atoms with Gasteiger partial charge in [0.25, 0.3) is 0 Å². The van der Waals surface area contributed by atoms with Gasteiger partial charge in [-0.15, -0.1) is 0 Å². The molecular formula is C13H13FN2O3. The van der Waals surface area contributed by atoms with Gasteiger partial charge < -0.3 is 15.2 Å². The van der Waals surface area contributed by atoms with Gasteiger partial charge in [-0.1, -0.05) is 6.07 Å². The maximum absolute atomic E-state index is 13.5. The third kappa shape index (κ3) is 2.25. The summed E-state index contributed by atoms with van der Waals surface area (Å²) in [5.74, 6) is -1.62. The number of nitrogens with one attached hydrogen (secondary N) is 1. The number of nitrogens with zero attached hydrogens (tertiary/aromatic N) is 1. The zero-order chi connectivity index (χ0) is 14.0. The number of carboxylic acid groups (broad SMARTS) is 1. The van der Waals surface area contributed by atoms with Gasteiger partial charge in [-0.2, -0.15) is 5.26 Å². The van der Waals surface area contributed by atoms with Crippen LogP contribution in [0.3, 0.4) is 0 Å². The van der Waals surface area contributed by atoms with Crippen molar-refractivity contribution in [2.75, 3.05) is 18.5 Å². The molecule has 0 radical (unpaired) electrons. The number of ether oxygens (including phenoxy) is 1. The average molecular weight is 264 g/mol. The molecule has 0 spiro atoms. The molecule has 1 fully saturated rings. The third-order valence-electron chi connectivity index (χ3n) is 3.40. The molecule has 1 aliphatic heterocycles. The Hall–Kier alpha value is -2.13. The lowest BCUT2D eigenvalue weighted by atomic mass is 9.85. The van der Waals surface area contributed by atoms with E-state index in [9.17, 15) is 14.3 Å². The minimum absolute atomic E-state index is 0.0806. The average Bonchev–Trinajstić information content (AvgIpc) is 2.73. The van der Waals surface area contributed by atoms with Crippen LogP contribution >= 0.6 is 0 Å². The van der Waals surface area contributed by atoms with E-state index in [1.165, 1.54) is 12.1 Å². The summed E-state index contributed by atoms with van der Waals surface area (Å²) in [6.07, 6.45) is 0. The van der Waals surface area contributed by atoms with Gasteiger partial charge in [0.15, 0.2) is 0 Å². The highest BCUT2D eigenvalue weighted by molar-refractivity contribution is 5.77. The summed E-state index contributed by atoms with van der Waals surface area (Å²) in [5, 5.41) is 21.1. The van der Waals surface area contributed by atoms with Gasteiger partial charge in [0, 0.05) is 0 Å². The van der Waals surface area contributed by atoms with Crippen molar-refractivity contribution in [3.63, 3.8) is 0 Å². The molecule has 0 aromatic heterocycles. The van der Waals surface area contributed by atoms with Gasteiger partial charge in [0.05, 0.1) is 24.9 Å². The first-order chi connectivity index (χ1) is 8.99. The van der Waals surface area contributed by atoms with Crippen LogP contribution < -0.4 is 5.32 Å². The molecule has 2 unspecified atom stereocenters. The van der Waals surface area contributed by atoms with E-state index in [2.05, 4.69) is 5.32 Å². The summed E-state index contributed by atoms with van der Waals surface area (Å²) in [7, 11) is 0. The number of carbonyl (C=O) groups is 1.